The zero-order chi connectivity index (χ0) is 22.2. The van der Waals surface area contributed by atoms with Crippen LogP contribution in [-0.4, -0.2) is 18.0 Å². The summed E-state index contributed by atoms with van der Waals surface area (Å²) in [6.07, 6.45) is 1.41. The summed E-state index contributed by atoms with van der Waals surface area (Å²) < 4.78 is 6.67. The number of nitrogens with zero attached hydrogens (tertiary/aromatic N) is 1. The molecule has 3 aromatic carbocycles. The lowest BCUT2D eigenvalue weighted by Crippen LogP contribution is -2.32. The second-order valence-corrected chi connectivity index (χ2v) is 7.90. The van der Waals surface area contributed by atoms with Crippen LogP contribution in [0.2, 0.25) is 5.02 Å². The quantitative estimate of drug-likeness (QED) is 0.281. The van der Waals surface area contributed by atoms with Gasteiger partial charge < -0.3 is 10.1 Å². The maximum absolute atomic E-state index is 12.0. The minimum Gasteiger partial charge on any atom is -0.488 e. The number of carbonyl (C=O) groups excluding carboxylic acids is 2. The van der Waals surface area contributed by atoms with Gasteiger partial charge in [0.25, 0.3) is 0 Å². The number of hydrogen-bond acceptors (Lipinski definition) is 4. The molecule has 0 unspecified atom stereocenters. The maximum atomic E-state index is 12.0. The largest absolute Gasteiger partial charge is 0.488 e. The van der Waals surface area contributed by atoms with Gasteiger partial charge >= 0.3 is 11.8 Å². The predicted molar refractivity (Wildman–Crippen MR) is 125 cm³/mol. The second kappa shape index (κ2) is 10.7. The normalized spacial score (nSPS) is 10.7. The third-order valence-electron chi connectivity index (χ3n) is 4.20. The molecule has 0 aliphatic rings. The molecule has 0 fully saturated rings. The van der Waals surface area contributed by atoms with Crippen LogP contribution < -0.4 is 15.5 Å². The van der Waals surface area contributed by atoms with E-state index in [1.807, 2.05) is 43.3 Å². The average Bonchev–Trinajstić information content (AvgIpc) is 2.75. The SMILES string of the molecule is Cc1ccc(NC(=O)C(=O)N/N=C\c2cc(Br)ccc2OCc2ccccc2Cl)cc1. The Bertz CT molecular complexity index is 1120. The topological polar surface area (TPSA) is 79.8 Å². The Kier molecular flexibility index (Phi) is 7.81. The Labute approximate surface area is 193 Å². The molecule has 0 aliphatic heterocycles. The van der Waals surface area contributed by atoms with Gasteiger partial charge in [-0.3, -0.25) is 9.59 Å². The van der Waals surface area contributed by atoms with Crippen LogP contribution in [0.1, 0.15) is 16.7 Å². The molecule has 3 aromatic rings. The number of hydrazone groups is 1. The van der Waals surface area contributed by atoms with Crippen LogP contribution in [0, 0.1) is 6.92 Å². The fraction of sp³-hybridized carbons (Fsp3) is 0.0870. The standard InChI is InChI=1S/C23H19BrClN3O3/c1-15-6-9-19(10-7-15)27-22(29)23(30)28-26-13-17-12-18(24)8-11-21(17)31-14-16-4-2-3-5-20(16)25/h2-13H,14H2,1H3,(H,27,29)(H,28,30)/b26-13-. The first-order valence-electron chi connectivity index (χ1n) is 9.29. The fourth-order valence-electron chi connectivity index (χ4n) is 2.56. The van der Waals surface area contributed by atoms with Crippen LogP contribution in [0.4, 0.5) is 5.69 Å². The van der Waals surface area contributed by atoms with Gasteiger partial charge in [-0.1, -0.05) is 63.4 Å². The smallest absolute Gasteiger partial charge is 0.329 e. The van der Waals surface area contributed by atoms with Gasteiger partial charge in [-0.2, -0.15) is 5.10 Å². The van der Waals surface area contributed by atoms with E-state index in [1.165, 1.54) is 6.21 Å². The number of nitrogens with one attached hydrogen (secondary N) is 2. The van der Waals surface area contributed by atoms with Gasteiger partial charge in [0.2, 0.25) is 0 Å². The Balaban J connectivity index is 1.62. The molecule has 0 saturated carbocycles. The Morgan fingerprint density at radius 3 is 2.55 bits per heavy atom. The fourth-order valence-corrected chi connectivity index (χ4v) is 3.13. The van der Waals surface area contributed by atoms with Crippen LogP contribution in [0.5, 0.6) is 5.75 Å². The van der Waals surface area contributed by atoms with Crippen molar-refractivity contribution in [3.8, 4) is 5.75 Å². The molecule has 0 radical (unpaired) electrons. The van der Waals surface area contributed by atoms with Gasteiger partial charge in [-0.05, 0) is 43.3 Å². The summed E-state index contributed by atoms with van der Waals surface area (Å²) in [5.41, 5.74) is 5.25. The molecule has 0 atom stereocenters. The second-order valence-electron chi connectivity index (χ2n) is 6.58. The van der Waals surface area contributed by atoms with E-state index in [4.69, 9.17) is 16.3 Å². The third-order valence-corrected chi connectivity index (χ3v) is 5.06. The Morgan fingerprint density at radius 2 is 1.81 bits per heavy atom. The van der Waals surface area contributed by atoms with Crippen LogP contribution in [-0.2, 0) is 16.2 Å². The van der Waals surface area contributed by atoms with Crippen molar-refractivity contribution < 1.29 is 14.3 Å². The van der Waals surface area contributed by atoms with E-state index < -0.39 is 11.8 Å². The minimum absolute atomic E-state index is 0.271. The summed E-state index contributed by atoms with van der Waals surface area (Å²) in [5.74, 6) is -1.15. The third kappa shape index (κ3) is 6.67. The summed E-state index contributed by atoms with van der Waals surface area (Å²) in [6, 6.07) is 19.9. The lowest BCUT2D eigenvalue weighted by molar-refractivity contribution is -0.136. The van der Waals surface area contributed by atoms with Crippen LogP contribution in [0.25, 0.3) is 0 Å². The van der Waals surface area contributed by atoms with E-state index in [-0.39, 0.29) is 6.61 Å². The summed E-state index contributed by atoms with van der Waals surface area (Å²) in [5, 5.41) is 7.01. The molecule has 3 rings (SSSR count). The molecule has 6 nitrogen and oxygen atoms in total. The number of amides is 2. The number of carbonyl (C=O) groups is 2. The summed E-state index contributed by atoms with van der Waals surface area (Å²) >= 11 is 9.57. The highest BCUT2D eigenvalue weighted by Crippen LogP contribution is 2.24. The van der Waals surface area contributed by atoms with Crippen LogP contribution in [0.3, 0.4) is 0 Å². The average molecular weight is 501 g/mol. The molecule has 0 bridgehead atoms. The number of hydrogen-bond donors (Lipinski definition) is 2. The number of anilines is 1. The van der Waals surface area contributed by atoms with E-state index in [1.54, 1.807) is 30.3 Å². The van der Waals surface area contributed by atoms with E-state index >= 15 is 0 Å². The molecule has 31 heavy (non-hydrogen) atoms. The highest BCUT2D eigenvalue weighted by atomic mass is 79.9. The molecule has 2 N–H and O–H groups in total. The predicted octanol–water partition coefficient (Wildman–Crippen LogP) is 5.08. The van der Waals surface area contributed by atoms with Gasteiger partial charge in [0, 0.05) is 26.3 Å². The number of halogens is 2. The highest BCUT2D eigenvalue weighted by Gasteiger charge is 2.13. The van der Waals surface area contributed by atoms with Crippen molar-refractivity contribution >= 4 is 51.2 Å². The van der Waals surface area contributed by atoms with Crippen LogP contribution >= 0.6 is 27.5 Å². The molecule has 0 saturated heterocycles. The summed E-state index contributed by atoms with van der Waals surface area (Å²) in [4.78, 5) is 24.0. The van der Waals surface area contributed by atoms with Crippen molar-refractivity contribution in [2.24, 2.45) is 5.10 Å². The van der Waals surface area contributed by atoms with E-state index in [0.717, 1.165) is 15.6 Å². The van der Waals surface area contributed by atoms with E-state index in [2.05, 4.69) is 31.8 Å². The van der Waals surface area contributed by atoms with Gasteiger partial charge in [0.1, 0.15) is 12.4 Å². The molecule has 0 heterocycles. The number of aryl methyl sites for hydroxylation is 1. The van der Waals surface area contributed by atoms with Gasteiger partial charge in [0.05, 0.1) is 6.21 Å². The molecule has 2 amide bonds. The molecule has 0 aromatic heterocycles. The van der Waals surface area contributed by atoms with E-state index in [0.29, 0.717) is 22.0 Å². The first-order chi connectivity index (χ1) is 14.9. The summed E-state index contributed by atoms with van der Waals surface area (Å²) in [7, 11) is 0. The van der Waals surface area contributed by atoms with Crippen molar-refractivity contribution in [3.63, 3.8) is 0 Å². The monoisotopic (exact) mass is 499 g/mol. The molecule has 158 valence electrons. The lowest BCUT2D eigenvalue weighted by atomic mass is 10.2. The first-order valence-corrected chi connectivity index (χ1v) is 10.5. The Hall–Kier alpha value is -3.16. The van der Waals surface area contributed by atoms with Gasteiger partial charge in [-0.15, -0.1) is 0 Å². The first kappa shape index (κ1) is 22.5. The Morgan fingerprint density at radius 1 is 1.06 bits per heavy atom. The van der Waals surface area contributed by atoms with Crippen molar-refractivity contribution in [2.45, 2.75) is 13.5 Å². The lowest BCUT2D eigenvalue weighted by Gasteiger charge is -2.10. The zero-order valence-corrected chi connectivity index (χ0v) is 18.9. The van der Waals surface area contributed by atoms with Crippen LogP contribution in [0.15, 0.2) is 76.3 Å². The van der Waals surface area contributed by atoms with E-state index in [9.17, 15) is 9.59 Å². The highest BCUT2D eigenvalue weighted by molar-refractivity contribution is 9.10. The molecule has 0 aliphatic carbocycles. The van der Waals surface area contributed by atoms with Crippen molar-refractivity contribution in [3.05, 3.63) is 92.9 Å². The molecular weight excluding hydrogens is 482 g/mol. The van der Waals surface area contributed by atoms with Crippen molar-refractivity contribution in [1.29, 1.82) is 0 Å². The maximum Gasteiger partial charge on any atom is 0.329 e. The van der Waals surface area contributed by atoms with Gasteiger partial charge in [-0.25, -0.2) is 5.43 Å². The zero-order valence-electron chi connectivity index (χ0n) is 16.6. The molecule has 8 heteroatoms. The van der Waals surface area contributed by atoms with Crippen molar-refractivity contribution in [2.75, 3.05) is 5.32 Å². The number of rotatable bonds is 6. The number of ether oxygens (including phenoxy) is 1. The number of benzene rings is 3. The minimum atomic E-state index is -0.884. The molecule has 0 spiro atoms. The van der Waals surface area contributed by atoms with Gasteiger partial charge in [0.15, 0.2) is 0 Å². The van der Waals surface area contributed by atoms with Crippen molar-refractivity contribution in [1.82, 2.24) is 5.43 Å². The molecular formula is C23H19BrClN3O3. The summed E-state index contributed by atoms with van der Waals surface area (Å²) in [6.45, 7) is 2.20.